The van der Waals surface area contributed by atoms with Crippen molar-refractivity contribution in [2.75, 3.05) is 0 Å². The second kappa shape index (κ2) is 12.4. The number of halogens is 5. The zero-order valence-corrected chi connectivity index (χ0v) is 24.9. The Kier molecular flexibility index (Phi) is 8.99. The lowest BCUT2D eigenvalue weighted by atomic mass is 9.77. The van der Waals surface area contributed by atoms with Crippen molar-refractivity contribution < 1.29 is 36.1 Å². The summed E-state index contributed by atoms with van der Waals surface area (Å²) in [6, 6.07) is 0.491. The zero-order valence-electron chi connectivity index (χ0n) is 24.9. The molecule has 0 spiro atoms. The van der Waals surface area contributed by atoms with Crippen molar-refractivity contribution in [1.82, 2.24) is 30.4 Å². The second-order valence-corrected chi connectivity index (χ2v) is 12.4. The highest BCUT2D eigenvalue weighted by molar-refractivity contribution is 5.96. The van der Waals surface area contributed by atoms with Gasteiger partial charge in [0, 0.05) is 25.2 Å². The smallest absolute Gasteiger partial charge is 0.360 e. The first-order chi connectivity index (χ1) is 20.7. The molecule has 240 valence electrons. The number of alkyl halides is 5. The van der Waals surface area contributed by atoms with Gasteiger partial charge in [0.05, 0.1) is 42.3 Å². The van der Waals surface area contributed by atoms with Crippen LogP contribution in [-0.4, -0.2) is 43.7 Å². The second-order valence-electron chi connectivity index (χ2n) is 12.4. The Morgan fingerprint density at radius 1 is 1.09 bits per heavy atom. The highest BCUT2D eigenvalue weighted by Gasteiger charge is 2.40. The highest BCUT2D eigenvalue weighted by atomic mass is 19.4. The van der Waals surface area contributed by atoms with Crippen molar-refractivity contribution in [3.05, 3.63) is 46.7 Å². The molecule has 5 rings (SSSR count). The molecule has 0 aliphatic heterocycles. The molecule has 2 aliphatic carbocycles. The fraction of sp³-hybridized carbons (Fsp3) is 0.633. The lowest BCUT2D eigenvalue weighted by molar-refractivity contribution is -0.144. The summed E-state index contributed by atoms with van der Waals surface area (Å²) in [6.45, 7) is 5.41. The van der Waals surface area contributed by atoms with E-state index < -0.39 is 48.8 Å². The number of amides is 2. The van der Waals surface area contributed by atoms with Crippen LogP contribution in [0.1, 0.15) is 123 Å². The number of carbonyl (C=O) groups is 2. The van der Waals surface area contributed by atoms with E-state index in [4.69, 9.17) is 9.51 Å². The molecule has 1 unspecified atom stereocenters. The summed E-state index contributed by atoms with van der Waals surface area (Å²) < 4.78 is 73.1. The molecule has 2 aliphatic rings. The van der Waals surface area contributed by atoms with Crippen molar-refractivity contribution in [2.24, 2.45) is 11.8 Å². The Morgan fingerprint density at radius 2 is 1.77 bits per heavy atom. The predicted octanol–water partition coefficient (Wildman–Crippen LogP) is 6.75. The van der Waals surface area contributed by atoms with Crippen LogP contribution in [0.25, 0.3) is 5.65 Å². The summed E-state index contributed by atoms with van der Waals surface area (Å²) in [5.41, 5.74) is 2.17. The number of imidazole rings is 1. The fourth-order valence-corrected chi connectivity index (χ4v) is 6.08. The maximum atomic E-state index is 14.1. The van der Waals surface area contributed by atoms with Crippen LogP contribution < -0.4 is 10.6 Å². The number of fused-ring (bicyclic) bond motifs is 1. The number of aromatic nitrogens is 4. The minimum atomic E-state index is -4.43. The van der Waals surface area contributed by atoms with Crippen LogP contribution in [0.4, 0.5) is 22.0 Å². The average molecular weight is 625 g/mol. The van der Waals surface area contributed by atoms with E-state index in [1.807, 2.05) is 13.8 Å². The Hall–Kier alpha value is -3.58. The molecule has 2 fully saturated rings. The Bertz CT molecular complexity index is 1490. The molecule has 0 radical (unpaired) electrons. The fourth-order valence-electron chi connectivity index (χ4n) is 6.08. The van der Waals surface area contributed by atoms with Crippen LogP contribution in [0.3, 0.4) is 0 Å². The number of hydrogen-bond donors (Lipinski definition) is 2. The van der Waals surface area contributed by atoms with Gasteiger partial charge in [-0.15, -0.1) is 0 Å². The SMILES string of the molecule is Cc1noc(C(C)C)c1C(=O)N[C@H](c1cn2ncc(C(NC(=O)CCC(F)(F)F)C3CCC3)cc2n1)C1CCC(F)(F)CC1. The number of nitrogens with one attached hydrogen (secondary N) is 2. The van der Waals surface area contributed by atoms with Gasteiger partial charge in [-0.2, -0.15) is 18.3 Å². The Labute approximate surface area is 251 Å². The van der Waals surface area contributed by atoms with Crippen molar-refractivity contribution in [2.45, 2.75) is 109 Å². The largest absolute Gasteiger partial charge is 0.389 e. The van der Waals surface area contributed by atoms with Gasteiger partial charge in [-0.1, -0.05) is 25.4 Å². The molecule has 9 nitrogen and oxygen atoms in total. The van der Waals surface area contributed by atoms with Gasteiger partial charge in [-0.25, -0.2) is 18.3 Å². The summed E-state index contributed by atoms with van der Waals surface area (Å²) in [6.07, 6.45) is -0.778. The van der Waals surface area contributed by atoms with Crippen LogP contribution in [0.2, 0.25) is 0 Å². The van der Waals surface area contributed by atoms with Crippen LogP contribution in [-0.2, 0) is 4.79 Å². The van der Waals surface area contributed by atoms with Gasteiger partial charge in [0.1, 0.15) is 5.56 Å². The molecule has 3 aromatic rings. The third-order valence-electron chi connectivity index (χ3n) is 8.77. The van der Waals surface area contributed by atoms with Crippen LogP contribution in [0.15, 0.2) is 23.0 Å². The summed E-state index contributed by atoms with van der Waals surface area (Å²) in [4.78, 5) is 30.7. The molecule has 2 saturated carbocycles. The maximum Gasteiger partial charge on any atom is 0.389 e. The van der Waals surface area contributed by atoms with Crippen molar-refractivity contribution in [1.29, 1.82) is 0 Å². The number of aryl methyl sites for hydroxylation is 1. The van der Waals surface area contributed by atoms with E-state index in [0.717, 1.165) is 19.3 Å². The molecular formula is C30H37F5N6O3. The Morgan fingerprint density at radius 3 is 2.39 bits per heavy atom. The van der Waals surface area contributed by atoms with Gasteiger partial charge in [0.15, 0.2) is 11.4 Å². The molecule has 14 heteroatoms. The zero-order chi connectivity index (χ0) is 31.8. The minimum Gasteiger partial charge on any atom is -0.360 e. The van der Waals surface area contributed by atoms with E-state index in [1.54, 1.807) is 25.4 Å². The van der Waals surface area contributed by atoms with Gasteiger partial charge in [-0.3, -0.25) is 9.59 Å². The summed E-state index contributed by atoms with van der Waals surface area (Å²) in [7, 11) is 0. The lowest BCUT2D eigenvalue weighted by Crippen LogP contribution is -2.37. The number of nitrogens with zero attached hydrogens (tertiary/aromatic N) is 4. The molecule has 2 atom stereocenters. The molecular weight excluding hydrogens is 587 g/mol. The van der Waals surface area contributed by atoms with Crippen molar-refractivity contribution >= 4 is 17.5 Å². The summed E-state index contributed by atoms with van der Waals surface area (Å²) >= 11 is 0. The number of carbonyl (C=O) groups excluding carboxylic acids is 2. The minimum absolute atomic E-state index is 0.0569. The average Bonchev–Trinajstić information content (AvgIpc) is 3.52. The molecule has 0 saturated heterocycles. The van der Waals surface area contributed by atoms with E-state index in [-0.39, 0.29) is 43.4 Å². The van der Waals surface area contributed by atoms with Gasteiger partial charge in [-0.05, 0) is 56.1 Å². The standard InChI is InChI=1S/C30H37F5N6O3/c1-16(2)27-24(17(3)40-44-27)28(43)39-26(19-7-10-29(31,32)11-8-19)21-15-41-22(37-21)13-20(14-36-41)25(18-5-4-6-18)38-23(42)9-12-30(33,34)35/h13-16,18-19,25-26H,4-12H2,1-3H3,(H,38,42)(H,39,43)/t25?,26-/m0/s1. The highest BCUT2D eigenvalue weighted by Crippen LogP contribution is 2.42. The van der Waals surface area contributed by atoms with Crippen LogP contribution >= 0.6 is 0 Å². The van der Waals surface area contributed by atoms with Crippen LogP contribution in [0.5, 0.6) is 0 Å². The lowest BCUT2D eigenvalue weighted by Gasteiger charge is -2.34. The predicted molar refractivity (Wildman–Crippen MR) is 149 cm³/mol. The van der Waals surface area contributed by atoms with E-state index >= 15 is 0 Å². The van der Waals surface area contributed by atoms with Gasteiger partial charge in [0.2, 0.25) is 11.8 Å². The number of hydrogen-bond acceptors (Lipinski definition) is 6. The quantitative estimate of drug-likeness (QED) is 0.242. The third kappa shape index (κ3) is 7.20. The first-order valence-electron chi connectivity index (χ1n) is 15.1. The van der Waals surface area contributed by atoms with Gasteiger partial charge in [0.25, 0.3) is 5.91 Å². The first-order valence-corrected chi connectivity index (χ1v) is 15.1. The van der Waals surface area contributed by atoms with E-state index in [1.165, 1.54) is 4.52 Å². The Balaban J connectivity index is 1.43. The van der Waals surface area contributed by atoms with Gasteiger partial charge < -0.3 is 15.2 Å². The van der Waals surface area contributed by atoms with E-state index in [2.05, 4.69) is 20.9 Å². The van der Waals surface area contributed by atoms with E-state index in [9.17, 15) is 31.5 Å². The molecule has 3 heterocycles. The molecule has 2 N–H and O–H groups in total. The first kappa shape index (κ1) is 31.8. The summed E-state index contributed by atoms with van der Waals surface area (Å²) in [5.74, 6) is -3.84. The molecule has 3 aromatic heterocycles. The van der Waals surface area contributed by atoms with E-state index in [0.29, 0.717) is 33.9 Å². The van der Waals surface area contributed by atoms with Crippen molar-refractivity contribution in [3.63, 3.8) is 0 Å². The summed E-state index contributed by atoms with van der Waals surface area (Å²) in [5, 5.41) is 14.2. The molecule has 0 bridgehead atoms. The molecule has 44 heavy (non-hydrogen) atoms. The molecule has 2 amide bonds. The number of rotatable bonds is 10. The molecule has 0 aromatic carbocycles. The third-order valence-corrected chi connectivity index (χ3v) is 8.77. The van der Waals surface area contributed by atoms with Crippen molar-refractivity contribution in [3.8, 4) is 0 Å². The van der Waals surface area contributed by atoms with Gasteiger partial charge >= 0.3 is 6.18 Å². The van der Waals surface area contributed by atoms with Crippen LogP contribution in [0, 0.1) is 18.8 Å². The maximum absolute atomic E-state index is 14.1. The monoisotopic (exact) mass is 624 g/mol. The topological polar surface area (TPSA) is 114 Å². The normalized spacial score (nSPS) is 19.1.